The van der Waals surface area contributed by atoms with Crippen molar-refractivity contribution in [1.82, 2.24) is 14.0 Å². The number of imide groups is 1. The molecule has 0 radical (unpaired) electrons. The summed E-state index contributed by atoms with van der Waals surface area (Å²) in [6.45, 7) is 1.80. The molecule has 0 aliphatic carbocycles. The molecule has 0 bridgehead atoms. The number of benzene rings is 3. The van der Waals surface area contributed by atoms with E-state index >= 15 is 0 Å². The number of fused-ring (bicyclic) bond motifs is 1. The molecule has 194 valence electrons. The quantitative estimate of drug-likeness (QED) is 0.330. The van der Waals surface area contributed by atoms with Crippen molar-refractivity contribution < 1.29 is 9.59 Å². The molecule has 0 N–H and O–H groups in total. The minimum atomic E-state index is -0.547. The first-order valence-corrected chi connectivity index (χ1v) is 12.8. The summed E-state index contributed by atoms with van der Waals surface area (Å²) < 4.78 is 2.58. The van der Waals surface area contributed by atoms with Crippen molar-refractivity contribution in [2.24, 2.45) is 0 Å². The van der Waals surface area contributed by atoms with Gasteiger partial charge in [-0.3, -0.25) is 28.4 Å². The molecule has 8 heteroatoms. The summed E-state index contributed by atoms with van der Waals surface area (Å²) in [5, 5.41) is 9.88. The van der Waals surface area contributed by atoms with Crippen LogP contribution in [0.2, 0.25) is 0 Å². The fourth-order valence-corrected chi connectivity index (χ4v) is 5.05. The first-order chi connectivity index (χ1) is 18.9. The van der Waals surface area contributed by atoms with Crippen LogP contribution in [0.15, 0.2) is 88.5 Å². The van der Waals surface area contributed by atoms with Crippen molar-refractivity contribution in [3.63, 3.8) is 0 Å². The first-order valence-electron chi connectivity index (χ1n) is 12.8. The van der Waals surface area contributed by atoms with Crippen molar-refractivity contribution in [2.75, 3.05) is 6.54 Å². The molecule has 2 heterocycles. The normalized spacial score (nSPS) is 12.5. The lowest BCUT2D eigenvalue weighted by Crippen LogP contribution is -2.44. The average molecular weight is 519 g/mol. The van der Waals surface area contributed by atoms with Crippen LogP contribution < -0.4 is 11.2 Å². The number of hydrogen-bond donors (Lipinski definition) is 0. The topological polar surface area (TPSA) is 105 Å². The maximum absolute atomic E-state index is 13.8. The summed E-state index contributed by atoms with van der Waals surface area (Å²) in [7, 11) is 0. The van der Waals surface area contributed by atoms with E-state index in [1.165, 1.54) is 10.6 Å². The standard InChI is InChI=1S/C31H26N4O4/c1-2-9-23-18-28(36)33(16-17-34-29(37)25-13-6-7-14-26(25)30(34)38)31(39)35(23)20-27-22(19-32)12-8-15-24(27)21-10-4-3-5-11-21/h3-8,10-15,18H,2,9,16-17,20H2,1H3. The zero-order valence-electron chi connectivity index (χ0n) is 21.5. The second-order valence-electron chi connectivity index (χ2n) is 9.36. The third-order valence-corrected chi connectivity index (χ3v) is 6.99. The Bertz CT molecular complexity index is 1710. The van der Waals surface area contributed by atoms with Gasteiger partial charge in [0, 0.05) is 24.8 Å². The number of amides is 2. The predicted molar refractivity (Wildman–Crippen MR) is 146 cm³/mol. The van der Waals surface area contributed by atoms with Gasteiger partial charge in [0.05, 0.1) is 29.3 Å². The predicted octanol–water partition coefficient (Wildman–Crippen LogP) is 3.85. The molecule has 2 amide bonds. The van der Waals surface area contributed by atoms with E-state index in [0.29, 0.717) is 40.8 Å². The third-order valence-electron chi connectivity index (χ3n) is 6.99. The zero-order valence-corrected chi connectivity index (χ0v) is 21.5. The van der Waals surface area contributed by atoms with E-state index in [2.05, 4.69) is 6.07 Å². The van der Waals surface area contributed by atoms with Crippen molar-refractivity contribution in [3.05, 3.63) is 128 Å². The Hall–Kier alpha value is -5.03. The van der Waals surface area contributed by atoms with Crippen molar-refractivity contribution in [3.8, 4) is 17.2 Å². The van der Waals surface area contributed by atoms with E-state index in [9.17, 15) is 24.4 Å². The number of rotatable bonds is 8. The molecule has 8 nitrogen and oxygen atoms in total. The van der Waals surface area contributed by atoms with Crippen molar-refractivity contribution >= 4 is 11.8 Å². The Morgan fingerprint density at radius 3 is 2.03 bits per heavy atom. The maximum Gasteiger partial charge on any atom is 0.331 e. The molecule has 0 saturated heterocycles. The smallest absolute Gasteiger partial charge is 0.293 e. The number of aromatic nitrogens is 2. The van der Waals surface area contributed by atoms with Crippen LogP contribution in [0.3, 0.4) is 0 Å². The monoisotopic (exact) mass is 518 g/mol. The maximum atomic E-state index is 13.8. The van der Waals surface area contributed by atoms with Crippen molar-refractivity contribution in [2.45, 2.75) is 32.9 Å². The fraction of sp³-hybridized carbons (Fsp3) is 0.194. The lowest BCUT2D eigenvalue weighted by atomic mass is 9.95. The second-order valence-corrected chi connectivity index (χ2v) is 9.36. The highest BCUT2D eigenvalue weighted by molar-refractivity contribution is 6.21. The fourth-order valence-electron chi connectivity index (χ4n) is 5.05. The van der Waals surface area contributed by atoms with Crippen LogP contribution in [0.1, 0.15) is 50.9 Å². The molecule has 0 atom stereocenters. The van der Waals surface area contributed by atoms with Gasteiger partial charge in [0.25, 0.3) is 17.4 Å². The molecule has 0 saturated carbocycles. The van der Waals surface area contributed by atoms with Gasteiger partial charge < -0.3 is 0 Å². The molecular weight excluding hydrogens is 492 g/mol. The van der Waals surface area contributed by atoms with E-state index in [0.717, 1.165) is 20.6 Å². The highest BCUT2D eigenvalue weighted by Gasteiger charge is 2.34. The molecule has 1 aliphatic rings. The summed E-state index contributed by atoms with van der Waals surface area (Å²) in [5.74, 6) is -0.885. The molecule has 1 aromatic heterocycles. The van der Waals surface area contributed by atoms with Crippen LogP contribution in [0.4, 0.5) is 0 Å². The molecule has 39 heavy (non-hydrogen) atoms. The van der Waals surface area contributed by atoms with Crippen molar-refractivity contribution in [1.29, 1.82) is 5.26 Å². The van der Waals surface area contributed by atoms with Gasteiger partial charge in [0.15, 0.2) is 0 Å². The molecule has 0 fully saturated rings. The van der Waals surface area contributed by atoms with E-state index in [1.807, 2.05) is 49.4 Å². The minimum absolute atomic E-state index is 0.0927. The largest absolute Gasteiger partial charge is 0.331 e. The Morgan fingerprint density at radius 2 is 1.38 bits per heavy atom. The van der Waals surface area contributed by atoms with Crippen LogP contribution in [-0.4, -0.2) is 32.4 Å². The highest BCUT2D eigenvalue weighted by atomic mass is 16.2. The molecule has 0 unspecified atom stereocenters. The van der Waals surface area contributed by atoms with Crippen LogP contribution >= 0.6 is 0 Å². The number of aryl methyl sites for hydroxylation is 1. The van der Waals surface area contributed by atoms with Gasteiger partial charge in [-0.25, -0.2) is 4.79 Å². The van der Waals surface area contributed by atoms with Gasteiger partial charge in [-0.05, 0) is 41.3 Å². The number of carbonyl (C=O) groups excluding carboxylic acids is 2. The SMILES string of the molecule is CCCc1cc(=O)n(CCN2C(=O)c3ccccc3C2=O)c(=O)n1Cc1c(C#N)cccc1-c1ccccc1. The van der Waals surface area contributed by atoms with Gasteiger partial charge in [-0.1, -0.05) is 67.9 Å². The zero-order chi connectivity index (χ0) is 27.5. The summed E-state index contributed by atoms with van der Waals surface area (Å²) in [5.41, 5.74) is 3.00. The Kier molecular flexibility index (Phi) is 7.06. The van der Waals surface area contributed by atoms with Crippen LogP contribution in [0.5, 0.6) is 0 Å². The van der Waals surface area contributed by atoms with E-state index in [-0.39, 0.29) is 19.6 Å². The molecule has 1 aliphatic heterocycles. The lowest BCUT2D eigenvalue weighted by Gasteiger charge is -2.19. The first kappa shape index (κ1) is 25.6. The molecule has 5 rings (SSSR count). The summed E-state index contributed by atoms with van der Waals surface area (Å²) >= 11 is 0. The lowest BCUT2D eigenvalue weighted by molar-refractivity contribution is 0.0647. The van der Waals surface area contributed by atoms with Gasteiger partial charge in [0.1, 0.15) is 0 Å². The average Bonchev–Trinajstić information content (AvgIpc) is 3.20. The second kappa shape index (κ2) is 10.8. The summed E-state index contributed by atoms with van der Waals surface area (Å²) in [6.07, 6.45) is 1.21. The molecule has 3 aromatic carbocycles. The Morgan fingerprint density at radius 1 is 0.744 bits per heavy atom. The number of hydrogen-bond acceptors (Lipinski definition) is 5. The molecule has 0 spiro atoms. The van der Waals surface area contributed by atoms with Gasteiger partial charge in [0.2, 0.25) is 0 Å². The summed E-state index contributed by atoms with van der Waals surface area (Å²) in [4.78, 5) is 53.5. The highest BCUT2D eigenvalue weighted by Crippen LogP contribution is 2.27. The van der Waals surface area contributed by atoms with Crippen LogP contribution in [0.25, 0.3) is 11.1 Å². The third kappa shape index (κ3) is 4.71. The number of carbonyl (C=O) groups is 2. The van der Waals surface area contributed by atoms with Crippen LogP contribution in [-0.2, 0) is 19.5 Å². The van der Waals surface area contributed by atoms with Crippen LogP contribution in [0, 0.1) is 11.3 Å². The number of nitrogens with zero attached hydrogens (tertiary/aromatic N) is 4. The van der Waals surface area contributed by atoms with E-state index in [1.54, 1.807) is 30.3 Å². The Balaban J connectivity index is 1.54. The number of nitriles is 1. The molecule has 4 aromatic rings. The van der Waals surface area contributed by atoms with E-state index < -0.39 is 23.1 Å². The van der Waals surface area contributed by atoms with E-state index in [4.69, 9.17) is 0 Å². The van der Waals surface area contributed by atoms with Gasteiger partial charge >= 0.3 is 5.69 Å². The van der Waals surface area contributed by atoms with Gasteiger partial charge in [-0.2, -0.15) is 5.26 Å². The molecular formula is C31H26N4O4. The minimum Gasteiger partial charge on any atom is -0.293 e. The summed E-state index contributed by atoms with van der Waals surface area (Å²) in [6, 6.07) is 25.3. The Labute approximate surface area is 225 Å². The van der Waals surface area contributed by atoms with Gasteiger partial charge in [-0.15, -0.1) is 0 Å².